The molecule has 0 bridgehead atoms. The summed E-state index contributed by atoms with van der Waals surface area (Å²) >= 11 is 5.90. The topological polar surface area (TPSA) is 30.2 Å². The molecular weight excluding hydrogens is 198 g/mol. The van der Waals surface area contributed by atoms with Crippen molar-refractivity contribution in [1.29, 1.82) is 0 Å². The zero-order valence-corrected chi connectivity index (χ0v) is 7.94. The minimum atomic E-state index is 0.489. The number of aromatic nitrogens is 3. The van der Waals surface area contributed by atoms with Crippen molar-refractivity contribution in [2.24, 2.45) is 0 Å². The van der Waals surface area contributed by atoms with Gasteiger partial charge in [0.2, 0.25) is 0 Å². The molecule has 0 amide bonds. The lowest BCUT2D eigenvalue weighted by Gasteiger charge is -1.99. The first-order chi connectivity index (χ1) is 6.86. The van der Waals surface area contributed by atoms with Crippen LogP contribution >= 0.6 is 11.6 Å². The van der Waals surface area contributed by atoms with Gasteiger partial charge in [-0.2, -0.15) is 0 Å². The van der Waals surface area contributed by atoms with E-state index in [1.807, 2.05) is 28.7 Å². The molecule has 3 rings (SSSR count). The van der Waals surface area contributed by atoms with Crippen LogP contribution in [0.5, 0.6) is 0 Å². The smallest absolute Gasteiger partial charge is 0.156 e. The van der Waals surface area contributed by atoms with Crippen molar-refractivity contribution in [2.45, 2.75) is 0 Å². The van der Waals surface area contributed by atoms with Crippen LogP contribution in [0.15, 0.2) is 36.8 Å². The van der Waals surface area contributed by atoms with E-state index in [9.17, 15) is 0 Å². The van der Waals surface area contributed by atoms with E-state index in [1.165, 1.54) is 0 Å². The van der Waals surface area contributed by atoms with Gasteiger partial charge in [0.05, 0.1) is 17.2 Å². The molecule has 0 spiro atoms. The van der Waals surface area contributed by atoms with Crippen molar-refractivity contribution >= 4 is 28.2 Å². The van der Waals surface area contributed by atoms with Gasteiger partial charge in [-0.25, -0.2) is 4.98 Å². The summed E-state index contributed by atoms with van der Waals surface area (Å²) in [6.45, 7) is 0. The minimum Gasteiger partial charge on any atom is -0.294 e. The molecule has 0 fully saturated rings. The quantitative estimate of drug-likeness (QED) is 0.562. The number of hydrogen-bond donors (Lipinski definition) is 0. The fourth-order valence-corrected chi connectivity index (χ4v) is 1.73. The lowest BCUT2D eigenvalue weighted by atomic mass is 10.3. The largest absolute Gasteiger partial charge is 0.294 e. The molecule has 68 valence electrons. The third-order valence-corrected chi connectivity index (χ3v) is 2.52. The fraction of sp³-hybridized carbons (Fsp3) is 0. The molecule has 4 heteroatoms. The maximum Gasteiger partial charge on any atom is 0.156 e. The van der Waals surface area contributed by atoms with E-state index in [2.05, 4.69) is 9.97 Å². The number of rotatable bonds is 0. The standard InChI is InChI=1S/C10H6ClN3/c11-10-9-5-12-7-3-1-2-4-8(7)14(9)6-13-10/h1-6H. The number of imidazole rings is 1. The van der Waals surface area contributed by atoms with Gasteiger partial charge in [0.25, 0.3) is 0 Å². The van der Waals surface area contributed by atoms with E-state index < -0.39 is 0 Å². The summed E-state index contributed by atoms with van der Waals surface area (Å²) in [7, 11) is 0. The number of halogens is 1. The van der Waals surface area contributed by atoms with E-state index in [1.54, 1.807) is 12.5 Å². The highest BCUT2D eigenvalue weighted by atomic mass is 35.5. The first-order valence-corrected chi connectivity index (χ1v) is 4.60. The van der Waals surface area contributed by atoms with Crippen molar-refractivity contribution in [3.8, 4) is 0 Å². The normalized spacial score (nSPS) is 11.2. The van der Waals surface area contributed by atoms with E-state index >= 15 is 0 Å². The highest BCUT2D eigenvalue weighted by Gasteiger charge is 2.04. The Bertz CT molecular complexity index is 615. The second kappa shape index (κ2) is 2.69. The number of hydrogen-bond acceptors (Lipinski definition) is 2. The van der Waals surface area contributed by atoms with Gasteiger partial charge in [-0.1, -0.05) is 23.7 Å². The molecule has 0 aliphatic rings. The van der Waals surface area contributed by atoms with Crippen molar-refractivity contribution < 1.29 is 0 Å². The Balaban J connectivity index is 2.61. The van der Waals surface area contributed by atoms with Gasteiger partial charge in [-0.05, 0) is 12.1 Å². The van der Waals surface area contributed by atoms with Crippen LogP contribution in [0.4, 0.5) is 0 Å². The van der Waals surface area contributed by atoms with Gasteiger partial charge in [0.15, 0.2) is 5.15 Å². The lowest BCUT2D eigenvalue weighted by Crippen LogP contribution is -1.88. The summed E-state index contributed by atoms with van der Waals surface area (Å²) in [6.07, 6.45) is 3.44. The summed E-state index contributed by atoms with van der Waals surface area (Å²) in [5.41, 5.74) is 2.80. The molecule has 14 heavy (non-hydrogen) atoms. The molecule has 0 saturated carbocycles. The molecule has 0 aliphatic carbocycles. The van der Waals surface area contributed by atoms with Crippen LogP contribution in [0.25, 0.3) is 16.6 Å². The lowest BCUT2D eigenvalue weighted by molar-refractivity contribution is 1.19. The second-order valence-corrected chi connectivity index (χ2v) is 3.40. The molecular formula is C10H6ClN3. The maximum absolute atomic E-state index is 5.90. The number of fused-ring (bicyclic) bond motifs is 3. The van der Waals surface area contributed by atoms with E-state index in [4.69, 9.17) is 11.6 Å². The molecule has 0 N–H and O–H groups in total. The predicted molar refractivity (Wildman–Crippen MR) is 55.5 cm³/mol. The third kappa shape index (κ3) is 0.930. The van der Waals surface area contributed by atoms with Crippen LogP contribution in [-0.2, 0) is 0 Å². The first kappa shape index (κ1) is 7.76. The van der Waals surface area contributed by atoms with Crippen LogP contribution in [0.2, 0.25) is 5.15 Å². The molecule has 0 radical (unpaired) electrons. The Kier molecular flexibility index (Phi) is 1.49. The first-order valence-electron chi connectivity index (χ1n) is 4.22. The van der Waals surface area contributed by atoms with Gasteiger partial charge in [-0.3, -0.25) is 9.38 Å². The highest BCUT2D eigenvalue weighted by Crippen LogP contribution is 2.19. The van der Waals surface area contributed by atoms with Gasteiger partial charge >= 0.3 is 0 Å². The maximum atomic E-state index is 5.90. The minimum absolute atomic E-state index is 0.489. The average molecular weight is 204 g/mol. The molecule has 0 unspecified atom stereocenters. The Hall–Kier alpha value is -1.61. The zero-order chi connectivity index (χ0) is 9.54. The molecule has 0 aliphatic heterocycles. The van der Waals surface area contributed by atoms with Gasteiger partial charge in [-0.15, -0.1) is 0 Å². The Morgan fingerprint density at radius 2 is 1.93 bits per heavy atom. The van der Waals surface area contributed by atoms with Gasteiger partial charge in [0, 0.05) is 0 Å². The Morgan fingerprint density at radius 1 is 1.07 bits per heavy atom. The summed E-state index contributed by atoms with van der Waals surface area (Å²) in [5.74, 6) is 0. The highest BCUT2D eigenvalue weighted by molar-refractivity contribution is 6.32. The third-order valence-electron chi connectivity index (χ3n) is 2.22. The van der Waals surface area contributed by atoms with Crippen LogP contribution in [0, 0.1) is 0 Å². The van der Waals surface area contributed by atoms with Crippen LogP contribution in [0.1, 0.15) is 0 Å². The van der Waals surface area contributed by atoms with E-state index in [0.717, 1.165) is 16.6 Å². The summed E-state index contributed by atoms with van der Waals surface area (Å²) in [4.78, 5) is 8.33. The zero-order valence-electron chi connectivity index (χ0n) is 7.18. The monoisotopic (exact) mass is 203 g/mol. The van der Waals surface area contributed by atoms with Crippen molar-refractivity contribution in [2.75, 3.05) is 0 Å². The number of benzene rings is 1. The average Bonchev–Trinajstić information content (AvgIpc) is 2.61. The molecule has 1 aromatic carbocycles. The molecule has 2 aromatic heterocycles. The van der Waals surface area contributed by atoms with Gasteiger partial charge in [0.1, 0.15) is 11.8 Å². The second-order valence-electron chi connectivity index (χ2n) is 3.04. The van der Waals surface area contributed by atoms with Crippen molar-refractivity contribution in [1.82, 2.24) is 14.4 Å². The predicted octanol–water partition coefficient (Wildman–Crippen LogP) is 2.54. The van der Waals surface area contributed by atoms with Crippen LogP contribution in [0.3, 0.4) is 0 Å². The van der Waals surface area contributed by atoms with Crippen LogP contribution in [-0.4, -0.2) is 14.4 Å². The molecule has 3 aromatic rings. The van der Waals surface area contributed by atoms with Crippen LogP contribution < -0.4 is 0 Å². The number of nitrogens with zero attached hydrogens (tertiary/aromatic N) is 3. The molecule has 2 heterocycles. The van der Waals surface area contributed by atoms with Gasteiger partial charge < -0.3 is 0 Å². The molecule has 0 saturated heterocycles. The van der Waals surface area contributed by atoms with E-state index in [0.29, 0.717) is 5.15 Å². The summed E-state index contributed by atoms with van der Waals surface area (Å²) in [5, 5.41) is 0.489. The van der Waals surface area contributed by atoms with E-state index in [-0.39, 0.29) is 0 Å². The molecule has 0 atom stereocenters. The fourth-order valence-electron chi connectivity index (χ4n) is 1.55. The summed E-state index contributed by atoms with van der Waals surface area (Å²) in [6, 6.07) is 7.88. The van der Waals surface area contributed by atoms with Crippen molar-refractivity contribution in [3.63, 3.8) is 0 Å². The Morgan fingerprint density at radius 3 is 2.86 bits per heavy atom. The molecule has 3 nitrogen and oxygen atoms in total. The SMILES string of the molecule is Clc1ncn2c1cnc1ccccc12. The number of para-hydroxylation sites is 2. The van der Waals surface area contributed by atoms with Crippen molar-refractivity contribution in [3.05, 3.63) is 41.9 Å². The Labute approximate surface area is 85.0 Å². The summed E-state index contributed by atoms with van der Waals surface area (Å²) < 4.78 is 1.94.